The van der Waals surface area contributed by atoms with E-state index in [0.29, 0.717) is 79.5 Å². The largest absolute Gasteiger partial charge is 0.573 e. The fraction of sp³-hybridized carbons (Fsp3) is 0.139. The molecule has 18 rings (SSSR count). The molecule has 0 amide bonds. The second kappa shape index (κ2) is 42.1. The second-order valence-electron chi connectivity index (χ2n) is 31.5. The quantitative estimate of drug-likeness (QED) is 0.0251. The number of pyridine rings is 2. The topological polar surface area (TPSA) is 359 Å². The molecule has 5 heterocycles. The molecule has 0 unspecified atom stereocenters. The third kappa shape index (κ3) is 25.8. The number of hydrogen-bond acceptors (Lipinski definition) is 19. The zero-order chi connectivity index (χ0) is 97.6. The first-order valence-corrected chi connectivity index (χ1v) is 42.2. The predicted molar refractivity (Wildman–Crippen MR) is 492 cm³/mol. The van der Waals surface area contributed by atoms with Gasteiger partial charge in [-0.2, -0.15) is 26.3 Å². The van der Waals surface area contributed by atoms with E-state index in [1.807, 2.05) is 66.7 Å². The number of alkyl halides is 9. The first-order chi connectivity index (χ1) is 65.4. The molecule has 15 aromatic rings. The highest BCUT2D eigenvalue weighted by Crippen LogP contribution is 2.46. The minimum atomic E-state index is -4.92. The fourth-order valence-corrected chi connectivity index (χ4v) is 14.3. The highest BCUT2D eigenvalue weighted by Gasteiger charge is 2.37. The number of carboxylic acids is 5. The van der Waals surface area contributed by atoms with Gasteiger partial charge in [-0.1, -0.05) is 120 Å². The van der Waals surface area contributed by atoms with Gasteiger partial charge in [-0.25, -0.2) is 62.7 Å². The predicted octanol–water partition coefficient (Wildman–Crippen LogP) is 26.3. The number of carbonyl (C=O) groups is 5. The van der Waals surface area contributed by atoms with Crippen LogP contribution in [0.4, 0.5) is 105 Å². The molecule has 10 aromatic carbocycles. The summed E-state index contributed by atoms with van der Waals surface area (Å²) >= 11 is 5.90. The summed E-state index contributed by atoms with van der Waals surface area (Å²) in [4.78, 5) is 90.3. The molecule has 0 bridgehead atoms. The van der Waals surface area contributed by atoms with E-state index in [2.05, 4.69) is 71.2 Å². The van der Waals surface area contributed by atoms with Gasteiger partial charge in [-0.05, 0) is 220 Å². The van der Waals surface area contributed by atoms with E-state index >= 15 is 0 Å². The van der Waals surface area contributed by atoms with E-state index < -0.39 is 77.1 Å². The second-order valence-corrected chi connectivity index (χ2v) is 31.9. The number of carboxylic acid groups (broad SMARTS) is 5. The number of aryl methyl sites for hydroxylation is 2. The molecule has 10 N–H and O–H groups in total. The molecule has 0 spiro atoms. The summed E-state index contributed by atoms with van der Waals surface area (Å²) in [5.74, 6) is -5.73. The lowest BCUT2D eigenvalue weighted by Gasteiger charge is -2.13. The van der Waals surface area contributed by atoms with E-state index in [1.165, 1.54) is 116 Å². The minimum Gasteiger partial charge on any atom is -0.478 e. The first-order valence-electron chi connectivity index (χ1n) is 41.8. The Morgan fingerprint density at radius 3 is 1.01 bits per heavy atom. The van der Waals surface area contributed by atoms with Gasteiger partial charge in [-0.3, -0.25) is 9.97 Å². The smallest absolute Gasteiger partial charge is 0.478 e. The number of nitrogens with zero attached hydrogens (tertiary/aromatic N) is 8. The third-order valence-electron chi connectivity index (χ3n) is 21.3. The average molecular weight is 1890 g/mol. The normalized spacial score (nSPS) is 12.6. The molecule has 36 heteroatoms. The molecule has 0 radical (unpaired) electrons. The van der Waals surface area contributed by atoms with Crippen molar-refractivity contribution in [2.24, 2.45) is 0 Å². The number of hydrogen-bond donors (Lipinski definition) is 10. The number of benzene rings is 10. The summed E-state index contributed by atoms with van der Waals surface area (Å²) in [7, 11) is 0. The molecule has 3 saturated carbocycles. The van der Waals surface area contributed by atoms with Crippen LogP contribution >= 0.6 is 11.6 Å². The van der Waals surface area contributed by atoms with Gasteiger partial charge in [0.25, 0.3) is 0 Å². The molecule has 3 aliphatic carbocycles. The molecule has 0 aliphatic heterocycles. The SMILES string of the molecule is Cc1ccc(Nc2ccc(-c3ccccc3C(F)(F)F)nc2)c(C(=O)O)c1.Cc1ccc(Nc2cnc(-c3ccccc3C(F)(F)F)nc2)c(C(=O)O)c1.O=C(O)c1cc(C2CC2)ccc1Nc1ccc(-c2ccccc2)nc1.O=C(O)c1cc(C2CC2)ccc1Nc1cnc(-c2cc(Cl)ccc2F)nc1.O=C(O)c1cc(C2CC2)ccc1Nc1cnc(-c2cc(OC(F)(F)F)ccc2F)nc1. The zero-order valence-electron chi connectivity index (χ0n) is 71.8. The van der Waals surface area contributed by atoms with Crippen molar-refractivity contribution in [1.29, 1.82) is 0 Å². The Morgan fingerprint density at radius 2 is 0.650 bits per heavy atom. The molecule has 0 saturated heterocycles. The van der Waals surface area contributed by atoms with Crippen molar-refractivity contribution in [1.82, 2.24) is 39.9 Å². The Balaban J connectivity index is 0.000000137. The third-order valence-corrected chi connectivity index (χ3v) is 21.5. The van der Waals surface area contributed by atoms with Gasteiger partial charge in [0, 0.05) is 21.7 Å². The Bertz CT molecular complexity index is 6780. The summed E-state index contributed by atoms with van der Waals surface area (Å²) in [5.41, 5.74) is 10.3. The van der Waals surface area contributed by atoms with Crippen LogP contribution in [0, 0.1) is 25.5 Å². The van der Waals surface area contributed by atoms with E-state index in [0.717, 1.165) is 114 Å². The molecule has 0 atom stereocenters. The highest BCUT2D eigenvalue weighted by molar-refractivity contribution is 6.30. The lowest BCUT2D eigenvalue weighted by Crippen LogP contribution is -2.17. The lowest BCUT2D eigenvalue weighted by atomic mass is 10.0. The summed E-state index contributed by atoms with van der Waals surface area (Å²) in [5, 5.41) is 62.4. The fourth-order valence-electron chi connectivity index (χ4n) is 14.1. The number of rotatable bonds is 24. The van der Waals surface area contributed by atoms with Gasteiger partial charge in [0.15, 0.2) is 17.5 Å². The Morgan fingerprint density at radius 1 is 0.328 bits per heavy atom. The number of anilines is 10. The maximum atomic E-state index is 14.1. The van der Waals surface area contributed by atoms with Crippen LogP contribution in [0.3, 0.4) is 0 Å². The summed E-state index contributed by atoms with van der Waals surface area (Å²) in [6, 6.07) is 59.7. The summed E-state index contributed by atoms with van der Waals surface area (Å²) in [6.07, 6.45) is 3.86. The zero-order valence-corrected chi connectivity index (χ0v) is 72.6. The van der Waals surface area contributed by atoms with Crippen LogP contribution in [0.15, 0.2) is 280 Å². The van der Waals surface area contributed by atoms with Crippen molar-refractivity contribution in [2.45, 2.75) is 88.8 Å². The Labute approximate surface area is 778 Å². The molecular formula is C101H77ClF11N13O11. The maximum absolute atomic E-state index is 14.1. The Hall–Kier alpha value is -16.6. The van der Waals surface area contributed by atoms with Gasteiger partial charge in [0.2, 0.25) is 0 Å². The van der Waals surface area contributed by atoms with Crippen molar-refractivity contribution < 1.29 is 103 Å². The molecule has 696 valence electrons. The van der Waals surface area contributed by atoms with Crippen LogP contribution in [0.2, 0.25) is 5.02 Å². The first kappa shape index (κ1) is 96.5. The van der Waals surface area contributed by atoms with Crippen LogP contribution in [-0.4, -0.2) is 102 Å². The van der Waals surface area contributed by atoms with Gasteiger partial charge >= 0.3 is 48.6 Å². The van der Waals surface area contributed by atoms with E-state index in [4.69, 9.17) is 11.6 Å². The number of halogens is 12. The van der Waals surface area contributed by atoms with E-state index in [1.54, 1.807) is 80.7 Å². The number of ether oxygens (including phenoxy) is 1. The van der Waals surface area contributed by atoms with Crippen LogP contribution < -0.4 is 31.3 Å². The lowest BCUT2D eigenvalue weighted by molar-refractivity contribution is -0.274. The van der Waals surface area contributed by atoms with Crippen molar-refractivity contribution in [3.8, 4) is 62.4 Å². The minimum absolute atomic E-state index is 0.0156. The molecule has 3 aliphatic rings. The monoisotopic (exact) mass is 1890 g/mol. The highest BCUT2D eigenvalue weighted by atomic mass is 35.5. The number of aromatic nitrogens is 8. The summed E-state index contributed by atoms with van der Waals surface area (Å²) < 4.78 is 148. The van der Waals surface area contributed by atoms with Gasteiger partial charge < -0.3 is 56.9 Å². The van der Waals surface area contributed by atoms with Crippen LogP contribution in [0.5, 0.6) is 5.75 Å². The van der Waals surface area contributed by atoms with Crippen molar-refractivity contribution in [2.75, 3.05) is 26.6 Å². The van der Waals surface area contributed by atoms with E-state index in [9.17, 15) is 97.8 Å². The van der Waals surface area contributed by atoms with Crippen LogP contribution in [0.25, 0.3) is 56.7 Å². The van der Waals surface area contributed by atoms with Gasteiger partial charge in [0.1, 0.15) is 17.4 Å². The summed E-state index contributed by atoms with van der Waals surface area (Å²) in [6.45, 7) is 3.55. The standard InChI is InChI=1S/C21H15F4N3O3.C21H18N2O2.C20H15ClFN3O2.C20H15F3N2O2.C19H14F3N3O2/c22-17-5-4-14(31-21(23,24)25)8-15(17)19-26-9-13(10-27-19)28-18-6-3-12(11-1-2-11)7-16(18)20(29)30;24-21(25)18-12-16(14-6-7-14)8-10-20(18)23-17-9-11-19(22-13-17)15-4-2-1-3-5-15;21-13-4-5-17(22)15(8-13)19-23-9-14(10-24-19)25-18-6-3-12(11-1-2-11)7-16(18)20(26)27;1-12-6-8-18(15(10-12)19(26)27)25-13-7-9-17(24-11-13)14-4-2-3-5-16(14)20(21,22)23;1-11-6-7-16(14(8-11)18(26)27)25-12-9-23-17(24-10-12)13-4-2-3-5-15(13)19(20,21)22/h3-11,28H,1-2H2,(H,29,30);1-5,8-14,23H,6-7H2,(H,24,25);3-11,25H,1-2H2,(H,26,27);2-11,25H,1H3,(H,26,27);2-10,25H,1H3,(H,26,27). The van der Waals surface area contributed by atoms with Crippen molar-refractivity contribution in [3.05, 3.63) is 364 Å². The van der Waals surface area contributed by atoms with Crippen LogP contribution in [-0.2, 0) is 12.4 Å². The molecule has 3 fully saturated rings. The van der Waals surface area contributed by atoms with Crippen LogP contribution in [0.1, 0.15) is 147 Å². The van der Waals surface area contributed by atoms with Gasteiger partial charge in [-0.15, -0.1) is 13.2 Å². The Kier molecular flexibility index (Phi) is 29.6. The molecule has 24 nitrogen and oxygen atoms in total. The number of nitrogens with one attached hydrogen (secondary N) is 5. The molecule has 137 heavy (non-hydrogen) atoms. The molecule has 5 aromatic heterocycles. The van der Waals surface area contributed by atoms with Crippen molar-refractivity contribution >= 4 is 98.3 Å². The average Bonchev–Trinajstić information content (AvgIpc) is 1.06. The van der Waals surface area contributed by atoms with E-state index in [-0.39, 0.29) is 67.7 Å². The van der Waals surface area contributed by atoms with Crippen molar-refractivity contribution in [3.63, 3.8) is 0 Å². The van der Waals surface area contributed by atoms with Gasteiger partial charge in [0.05, 0.1) is 168 Å². The maximum Gasteiger partial charge on any atom is 0.573 e. The number of aromatic carboxylic acids is 5. The molecular weight excluding hydrogens is 1820 g/mol.